The van der Waals surface area contributed by atoms with Crippen LogP contribution in [0, 0.1) is 25.7 Å². The minimum absolute atomic E-state index is 0.836. The largest absolute Gasteiger partial charge is 0.496 e. The van der Waals surface area contributed by atoms with Gasteiger partial charge in [-0.05, 0) is 50.2 Å². The van der Waals surface area contributed by atoms with Crippen LogP contribution in [0.2, 0.25) is 0 Å². The first-order chi connectivity index (χ1) is 9.11. The first kappa shape index (κ1) is 14.2. The molecule has 19 heavy (non-hydrogen) atoms. The minimum Gasteiger partial charge on any atom is -0.496 e. The van der Waals surface area contributed by atoms with E-state index in [1.807, 2.05) is 0 Å². The van der Waals surface area contributed by atoms with Crippen LogP contribution < -0.4 is 10.1 Å². The molecule has 0 bridgehead atoms. The Bertz CT molecular complexity index is 420. The number of methoxy groups -OCH3 is 1. The van der Waals surface area contributed by atoms with Gasteiger partial charge in [-0.15, -0.1) is 0 Å². The van der Waals surface area contributed by atoms with Crippen molar-refractivity contribution in [3.63, 3.8) is 0 Å². The monoisotopic (exact) mass is 261 g/mol. The molecule has 1 aliphatic carbocycles. The van der Waals surface area contributed by atoms with Crippen LogP contribution in [-0.4, -0.2) is 13.7 Å². The van der Waals surface area contributed by atoms with Crippen LogP contribution in [0.25, 0.3) is 0 Å². The second kappa shape index (κ2) is 6.31. The number of ether oxygens (including phenoxy) is 1. The Morgan fingerprint density at radius 1 is 1.16 bits per heavy atom. The fourth-order valence-corrected chi connectivity index (χ4v) is 3.12. The third kappa shape index (κ3) is 3.43. The van der Waals surface area contributed by atoms with Crippen molar-refractivity contribution in [2.24, 2.45) is 11.8 Å². The maximum Gasteiger partial charge on any atom is 0.126 e. The van der Waals surface area contributed by atoms with Crippen LogP contribution in [0.3, 0.4) is 0 Å². The normalized spacial score (nSPS) is 23.2. The van der Waals surface area contributed by atoms with Crippen molar-refractivity contribution >= 4 is 5.69 Å². The number of hydrogen-bond acceptors (Lipinski definition) is 2. The number of hydrogen-bond donors (Lipinski definition) is 1. The summed E-state index contributed by atoms with van der Waals surface area (Å²) in [5.41, 5.74) is 3.66. The molecule has 2 nitrogen and oxygen atoms in total. The molecule has 1 aromatic carbocycles. The van der Waals surface area contributed by atoms with Crippen molar-refractivity contribution in [3.05, 3.63) is 23.3 Å². The highest BCUT2D eigenvalue weighted by Crippen LogP contribution is 2.31. The Morgan fingerprint density at radius 2 is 1.84 bits per heavy atom. The van der Waals surface area contributed by atoms with Crippen LogP contribution >= 0.6 is 0 Å². The van der Waals surface area contributed by atoms with Gasteiger partial charge in [0.1, 0.15) is 5.75 Å². The number of benzene rings is 1. The molecular formula is C17H27NO. The fraction of sp³-hybridized carbons (Fsp3) is 0.647. The van der Waals surface area contributed by atoms with E-state index in [-0.39, 0.29) is 0 Å². The zero-order chi connectivity index (χ0) is 13.8. The molecule has 1 N–H and O–H groups in total. The van der Waals surface area contributed by atoms with E-state index in [1.165, 1.54) is 42.5 Å². The molecule has 1 saturated carbocycles. The molecule has 2 heteroatoms. The molecule has 1 aromatic rings. The topological polar surface area (TPSA) is 21.3 Å². The van der Waals surface area contributed by atoms with E-state index in [0.29, 0.717) is 0 Å². The smallest absolute Gasteiger partial charge is 0.126 e. The van der Waals surface area contributed by atoms with E-state index >= 15 is 0 Å². The van der Waals surface area contributed by atoms with Crippen LogP contribution in [0.1, 0.15) is 43.7 Å². The average molecular weight is 261 g/mol. The average Bonchev–Trinajstić information content (AvgIpc) is 2.40. The lowest BCUT2D eigenvalue weighted by Gasteiger charge is -2.27. The van der Waals surface area contributed by atoms with Crippen molar-refractivity contribution in [3.8, 4) is 5.75 Å². The number of aryl methyl sites for hydroxylation is 1. The standard InChI is InChI=1S/C17H27NO/c1-12-5-8-15(9-6-12)11-18-16-10-7-13(2)17(19-4)14(16)3/h7,10,12,15,18H,5-6,8-9,11H2,1-4H3. The predicted octanol–water partition coefficient (Wildman–Crippen LogP) is 4.55. The Kier molecular flexibility index (Phi) is 4.73. The summed E-state index contributed by atoms with van der Waals surface area (Å²) < 4.78 is 5.48. The van der Waals surface area contributed by atoms with Gasteiger partial charge in [-0.3, -0.25) is 0 Å². The van der Waals surface area contributed by atoms with Gasteiger partial charge >= 0.3 is 0 Å². The van der Waals surface area contributed by atoms with Crippen molar-refractivity contribution < 1.29 is 4.74 Å². The minimum atomic E-state index is 0.836. The van der Waals surface area contributed by atoms with Gasteiger partial charge in [0.25, 0.3) is 0 Å². The maximum atomic E-state index is 5.48. The second-order valence-electron chi connectivity index (χ2n) is 6.10. The molecule has 0 aliphatic heterocycles. The molecule has 0 unspecified atom stereocenters. The van der Waals surface area contributed by atoms with E-state index in [2.05, 4.69) is 38.2 Å². The molecule has 2 rings (SSSR count). The van der Waals surface area contributed by atoms with Crippen molar-refractivity contribution in [2.75, 3.05) is 19.0 Å². The molecule has 0 radical (unpaired) electrons. The van der Waals surface area contributed by atoms with Gasteiger partial charge in [-0.2, -0.15) is 0 Å². The first-order valence-corrected chi connectivity index (χ1v) is 7.50. The summed E-state index contributed by atoms with van der Waals surface area (Å²) in [6.45, 7) is 7.70. The van der Waals surface area contributed by atoms with Crippen LogP contribution in [-0.2, 0) is 0 Å². The quantitative estimate of drug-likeness (QED) is 0.858. The second-order valence-corrected chi connectivity index (χ2v) is 6.10. The Hall–Kier alpha value is -1.18. The van der Waals surface area contributed by atoms with Gasteiger partial charge in [0.05, 0.1) is 7.11 Å². The molecule has 1 aliphatic rings. The van der Waals surface area contributed by atoms with E-state index in [4.69, 9.17) is 4.74 Å². The summed E-state index contributed by atoms with van der Waals surface area (Å²) in [5, 5.41) is 3.62. The SMILES string of the molecule is COc1c(C)ccc(NCC2CCC(C)CC2)c1C. The summed E-state index contributed by atoms with van der Waals surface area (Å²) in [5.74, 6) is 2.78. The summed E-state index contributed by atoms with van der Waals surface area (Å²) in [4.78, 5) is 0. The summed E-state index contributed by atoms with van der Waals surface area (Å²) >= 11 is 0. The van der Waals surface area contributed by atoms with E-state index < -0.39 is 0 Å². The van der Waals surface area contributed by atoms with Gasteiger partial charge < -0.3 is 10.1 Å². The molecule has 1 fully saturated rings. The number of rotatable bonds is 4. The zero-order valence-electron chi connectivity index (χ0n) is 12.8. The summed E-state index contributed by atoms with van der Waals surface area (Å²) in [6.07, 6.45) is 5.53. The fourth-order valence-electron chi connectivity index (χ4n) is 3.12. The van der Waals surface area contributed by atoms with Crippen LogP contribution in [0.15, 0.2) is 12.1 Å². The van der Waals surface area contributed by atoms with E-state index in [1.54, 1.807) is 7.11 Å². The van der Waals surface area contributed by atoms with E-state index in [0.717, 1.165) is 24.1 Å². The van der Waals surface area contributed by atoms with Crippen LogP contribution in [0.4, 0.5) is 5.69 Å². The highest BCUT2D eigenvalue weighted by Gasteiger charge is 2.18. The van der Waals surface area contributed by atoms with Gasteiger partial charge in [0.2, 0.25) is 0 Å². The predicted molar refractivity (Wildman–Crippen MR) is 82.1 cm³/mol. The molecule has 106 valence electrons. The lowest BCUT2D eigenvalue weighted by molar-refractivity contribution is 0.300. The molecule has 0 aromatic heterocycles. The van der Waals surface area contributed by atoms with Crippen molar-refractivity contribution in [1.29, 1.82) is 0 Å². The zero-order valence-corrected chi connectivity index (χ0v) is 12.8. The molecule has 0 heterocycles. The van der Waals surface area contributed by atoms with E-state index in [9.17, 15) is 0 Å². The highest BCUT2D eigenvalue weighted by molar-refractivity contribution is 5.59. The van der Waals surface area contributed by atoms with Gasteiger partial charge in [0.15, 0.2) is 0 Å². The molecular weight excluding hydrogens is 234 g/mol. The molecule has 0 spiro atoms. The summed E-state index contributed by atoms with van der Waals surface area (Å²) in [7, 11) is 1.75. The number of anilines is 1. The molecule has 0 amide bonds. The Morgan fingerprint density at radius 3 is 2.47 bits per heavy atom. The number of nitrogens with one attached hydrogen (secondary N) is 1. The Labute approximate surface area is 117 Å². The Balaban J connectivity index is 1.96. The highest BCUT2D eigenvalue weighted by atomic mass is 16.5. The third-order valence-electron chi connectivity index (χ3n) is 4.52. The van der Waals surface area contributed by atoms with Crippen molar-refractivity contribution in [2.45, 2.75) is 46.5 Å². The van der Waals surface area contributed by atoms with Gasteiger partial charge in [-0.25, -0.2) is 0 Å². The van der Waals surface area contributed by atoms with Crippen molar-refractivity contribution in [1.82, 2.24) is 0 Å². The van der Waals surface area contributed by atoms with Crippen LogP contribution in [0.5, 0.6) is 5.75 Å². The van der Waals surface area contributed by atoms with Gasteiger partial charge in [-0.1, -0.05) is 25.8 Å². The maximum absolute atomic E-state index is 5.48. The summed E-state index contributed by atoms with van der Waals surface area (Å²) in [6, 6.07) is 4.32. The lowest BCUT2D eigenvalue weighted by Crippen LogP contribution is -2.20. The molecule has 0 atom stereocenters. The lowest BCUT2D eigenvalue weighted by atomic mass is 9.83. The third-order valence-corrected chi connectivity index (χ3v) is 4.52. The molecule has 0 saturated heterocycles. The van der Waals surface area contributed by atoms with Gasteiger partial charge in [0, 0.05) is 17.8 Å². The first-order valence-electron chi connectivity index (χ1n) is 7.50.